The van der Waals surface area contributed by atoms with Crippen molar-refractivity contribution in [1.82, 2.24) is 9.80 Å². The van der Waals surface area contributed by atoms with Crippen molar-refractivity contribution in [3.05, 3.63) is 46.1 Å². The molecule has 43 heavy (non-hydrogen) atoms. The Hall–Kier alpha value is -3.46. The monoisotopic (exact) mass is 610 g/mol. The molecule has 0 aromatic rings. The van der Waals surface area contributed by atoms with E-state index in [1.54, 1.807) is 12.2 Å². The molecule has 236 valence electrons. The summed E-state index contributed by atoms with van der Waals surface area (Å²) < 4.78 is 53.4. The number of carbonyl (C=O) groups excluding carboxylic acids is 2. The Kier molecular flexibility index (Phi) is 10.8. The first kappa shape index (κ1) is 32.5. The quantitative estimate of drug-likeness (QED) is 0.279. The van der Waals surface area contributed by atoms with E-state index in [1.807, 2.05) is 0 Å². The Morgan fingerprint density at radius 3 is 1.47 bits per heavy atom. The Morgan fingerprint density at radius 1 is 0.721 bits per heavy atom. The van der Waals surface area contributed by atoms with Crippen LogP contribution in [0.3, 0.4) is 0 Å². The summed E-state index contributed by atoms with van der Waals surface area (Å²) in [5, 5.41) is 17.7. The lowest BCUT2D eigenvalue weighted by atomic mass is 9.95. The van der Waals surface area contributed by atoms with E-state index in [2.05, 4.69) is 0 Å². The van der Waals surface area contributed by atoms with Gasteiger partial charge in [-0.05, 0) is 29.7 Å². The average molecular weight is 611 g/mol. The van der Waals surface area contributed by atoms with Gasteiger partial charge in [0.2, 0.25) is 11.8 Å². The minimum absolute atomic E-state index is 0.0155. The van der Waals surface area contributed by atoms with Crippen molar-refractivity contribution in [3.63, 3.8) is 0 Å². The van der Waals surface area contributed by atoms with E-state index < -0.39 is 48.0 Å². The van der Waals surface area contributed by atoms with Crippen LogP contribution in [0.5, 0.6) is 0 Å². The molecule has 2 aliphatic carbocycles. The van der Waals surface area contributed by atoms with E-state index in [-0.39, 0.29) is 83.3 Å². The molecule has 2 amide bonds. The van der Waals surface area contributed by atoms with Crippen LogP contribution in [0.1, 0.15) is 32.1 Å². The second-order valence-electron chi connectivity index (χ2n) is 10.7. The van der Waals surface area contributed by atoms with E-state index in [0.29, 0.717) is 22.3 Å². The number of amides is 2. The topological polar surface area (TPSA) is 152 Å². The zero-order chi connectivity index (χ0) is 31.3. The molecule has 2 saturated heterocycles. The fourth-order valence-electron chi connectivity index (χ4n) is 5.56. The Balaban J connectivity index is 1.30. The van der Waals surface area contributed by atoms with Crippen LogP contribution in [-0.2, 0) is 38.1 Å². The number of fused-ring (bicyclic) bond motifs is 2. The first-order valence-corrected chi connectivity index (χ1v) is 14.0. The van der Waals surface area contributed by atoms with Gasteiger partial charge in [-0.25, -0.2) is 8.78 Å². The van der Waals surface area contributed by atoms with Crippen molar-refractivity contribution in [2.24, 2.45) is 0 Å². The second kappa shape index (κ2) is 14.3. The summed E-state index contributed by atoms with van der Waals surface area (Å²) in [5.74, 6) is -4.03. The number of hydrogen-bond donors (Lipinski definition) is 2. The summed E-state index contributed by atoms with van der Waals surface area (Å²) in [6, 6.07) is 0. The number of carboxylic acids is 2. The highest BCUT2D eigenvalue weighted by Crippen LogP contribution is 2.37. The molecule has 0 aromatic heterocycles. The number of nitrogens with zero attached hydrogens (tertiary/aromatic N) is 2. The van der Waals surface area contributed by atoms with Crippen molar-refractivity contribution in [3.8, 4) is 0 Å². The number of ether oxygens (including phenoxy) is 4. The number of carboxylic acid groups (broad SMARTS) is 2. The smallest absolute Gasteiger partial charge is 0.303 e. The third kappa shape index (κ3) is 7.55. The van der Waals surface area contributed by atoms with Gasteiger partial charge >= 0.3 is 11.9 Å². The van der Waals surface area contributed by atoms with Gasteiger partial charge < -0.3 is 39.0 Å². The fourth-order valence-corrected chi connectivity index (χ4v) is 5.56. The molecule has 0 bridgehead atoms. The molecule has 0 spiro atoms. The Bertz CT molecular complexity index is 1170. The molecule has 2 fully saturated rings. The highest BCUT2D eigenvalue weighted by atomic mass is 19.1. The van der Waals surface area contributed by atoms with E-state index in [0.717, 1.165) is 0 Å². The van der Waals surface area contributed by atoms with Crippen molar-refractivity contribution in [1.29, 1.82) is 0 Å². The van der Waals surface area contributed by atoms with Gasteiger partial charge in [-0.1, -0.05) is 0 Å². The number of halogens is 2. The summed E-state index contributed by atoms with van der Waals surface area (Å²) in [6.45, 7) is 0.476. The third-order valence-corrected chi connectivity index (χ3v) is 7.84. The van der Waals surface area contributed by atoms with Crippen LogP contribution in [0.2, 0.25) is 0 Å². The normalized spacial score (nSPS) is 25.0. The molecule has 4 atom stereocenters. The fraction of sp³-hybridized carbons (Fsp3) is 0.586. The lowest BCUT2D eigenvalue weighted by Crippen LogP contribution is -2.35. The molecule has 2 N–H and O–H groups in total. The lowest BCUT2D eigenvalue weighted by Gasteiger charge is -2.29. The molecule has 12 nitrogen and oxygen atoms in total. The molecule has 4 unspecified atom stereocenters. The van der Waals surface area contributed by atoms with Gasteiger partial charge in [0.1, 0.15) is 36.1 Å². The van der Waals surface area contributed by atoms with E-state index in [1.165, 1.54) is 24.0 Å². The summed E-state index contributed by atoms with van der Waals surface area (Å²) in [6.07, 6.45) is -0.824. The molecule has 0 saturated carbocycles. The second-order valence-corrected chi connectivity index (χ2v) is 10.7. The molecule has 4 aliphatic rings. The minimum Gasteiger partial charge on any atom is -0.481 e. The van der Waals surface area contributed by atoms with Crippen molar-refractivity contribution >= 4 is 23.8 Å². The number of rotatable bonds is 14. The summed E-state index contributed by atoms with van der Waals surface area (Å²) >= 11 is 0. The molecule has 0 radical (unpaired) electrons. The Labute approximate surface area is 247 Å². The molecule has 2 heterocycles. The van der Waals surface area contributed by atoms with Crippen LogP contribution in [-0.4, -0.2) is 122 Å². The van der Waals surface area contributed by atoms with Gasteiger partial charge in [-0.15, -0.1) is 0 Å². The van der Waals surface area contributed by atoms with E-state index in [4.69, 9.17) is 29.2 Å². The van der Waals surface area contributed by atoms with Gasteiger partial charge in [0, 0.05) is 77.6 Å². The molecule has 2 aliphatic heterocycles. The lowest BCUT2D eigenvalue weighted by molar-refractivity contribution is -0.140. The summed E-state index contributed by atoms with van der Waals surface area (Å²) in [5.41, 5.74) is 1.85. The number of carbonyl (C=O) groups is 4. The Morgan fingerprint density at radius 2 is 1.12 bits per heavy atom. The van der Waals surface area contributed by atoms with Crippen LogP contribution in [0.4, 0.5) is 8.78 Å². The zero-order valence-electron chi connectivity index (χ0n) is 24.1. The van der Waals surface area contributed by atoms with Crippen LogP contribution in [0.15, 0.2) is 46.1 Å². The molecule has 0 aromatic carbocycles. The SMILES string of the molecule is COC1C=C2CN(C(=O)CCC(=O)O)CC2=C(F)C1OCCCOC1C(F)=C2CN(C(=O)CCC(=O)O)CC2=CC1OC. The van der Waals surface area contributed by atoms with E-state index >= 15 is 8.78 Å². The van der Waals surface area contributed by atoms with Crippen LogP contribution in [0.25, 0.3) is 0 Å². The number of likely N-dealkylation sites (tertiary alicyclic amines) is 2. The first-order valence-electron chi connectivity index (χ1n) is 14.0. The molecule has 14 heteroatoms. The zero-order valence-corrected chi connectivity index (χ0v) is 24.1. The van der Waals surface area contributed by atoms with Crippen molar-refractivity contribution in [2.45, 2.75) is 56.5 Å². The maximum atomic E-state index is 15.5. The maximum Gasteiger partial charge on any atom is 0.303 e. The number of hydrogen-bond acceptors (Lipinski definition) is 8. The third-order valence-electron chi connectivity index (χ3n) is 7.84. The van der Waals surface area contributed by atoms with Gasteiger partial charge in [-0.2, -0.15) is 0 Å². The molecule has 4 rings (SSSR count). The number of aliphatic carboxylic acids is 2. The van der Waals surface area contributed by atoms with Crippen LogP contribution >= 0.6 is 0 Å². The van der Waals surface area contributed by atoms with Gasteiger partial charge in [0.15, 0.2) is 0 Å². The predicted molar refractivity (Wildman–Crippen MR) is 145 cm³/mol. The maximum absolute atomic E-state index is 15.5. The van der Waals surface area contributed by atoms with Gasteiger partial charge in [0.05, 0.1) is 12.8 Å². The highest BCUT2D eigenvalue weighted by molar-refractivity contribution is 5.83. The highest BCUT2D eigenvalue weighted by Gasteiger charge is 2.40. The van der Waals surface area contributed by atoms with Crippen molar-refractivity contribution < 1.29 is 57.1 Å². The van der Waals surface area contributed by atoms with Crippen LogP contribution < -0.4 is 0 Å². The first-order chi connectivity index (χ1) is 20.5. The predicted octanol–water partition coefficient (Wildman–Crippen LogP) is 1.92. The molecular formula is C29H36F2N2O10. The van der Waals surface area contributed by atoms with E-state index in [9.17, 15) is 19.2 Å². The average Bonchev–Trinajstić information content (AvgIpc) is 3.61. The minimum atomic E-state index is -1.08. The van der Waals surface area contributed by atoms with Gasteiger partial charge in [-0.3, -0.25) is 19.2 Å². The van der Waals surface area contributed by atoms with Crippen molar-refractivity contribution in [2.75, 3.05) is 53.6 Å². The molecular weight excluding hydrogens is 574 g/mol. The van der Waals surface area contributed by atoms with Gasteiger partial charge in [0.25, 0.3) is 0 Å². The summed E-state index contributed by atoms with van der Waals surface area (Å²) in [7, 11) is 2.83. The summed E-state index contributed by atoms with van der Waals surface area (Å²) in [4.78, 5) is 49.1. The van der Waals surface area contributed by atoms with Crippen LogP contribution in [0, 0.1) is 0 Å². The number of methoxy groups -OCH3 is 2. The largest absolute Gasteiger partial charge is 0.481 e. The standard InChI is InChI=1S/C29H36F2N2O10/c1-40-20-10-16-12-32(22(34)4-6-24(36)37)14-18(16)26(30)28(20)42-8-3-9-43-29-21(41-2)11-17-13-33(15-19(17)27(29)31)23(35)5-7-25(38)39/h10-11,20-21,28-29H,3-9,12-15H2,1-2H3,(H,36,37)(H,38,39).